The summed E-state index contributed by atoms with van der Waals surface area (Å²) in [5.41, 5.74) is 1.53. The molecule has 2 aromatic heterocycles. The summed E-state index contributed by atoms with van der Waals surface area (Å²) >= 11 is 0. The summed E-state index contributed by atoms with van der Waals surface area (Å²) in [6, 6.07) is 7.24. The molecular formula is C25H29F3N4O3. The Morgan fingerprint density at radius 2 is 1.97 bits per heavy atom. The molecule has 4 fully saturated rings. The van der Waals surface area contributed by atoms with Gasteiger partial charge in [0, 0.05) is 55.9 Å². The summed E-state index contributed by atoms with van der Waals surface area (Å²) in [6.45, 7) is 4.58. The number of ether oxygens (including phenoxy) is 1. The summed E-state index contributed by atoms with van der Waals surface area (Å²) in [6.07, 6.45) is 4.67. The standard InChI is InChI=1S/C24H27F3N4O.CH2O2/c25-24(26,27)21-4-3-19(11-29-21)31-14-23(15-31)8-17(9-23)22(16-2-1-6-28-10-16)30-7-5-20-18(12-30)13-32-20;2-1-3/h1-4,6,10-11,17-18,20,22H,5,7-9,12-15H2;1H,(H,2,3). The van der Waals surface area contributed by atoms with Crippen LogP contribution in [0.4, 0.5) is 18.9 Å². The van der Waals surface area contributed by atoms with E-state index in [1.54, 1.807) is 6.07 Å². The summed E-state index contributed by atoms with van der Waals surface area (Å²) < 4.78 is 44.0. The van der Waals surface area contributed by atoms with E-state index in [0.717, 1.165) is 63.8 Å². The Morgan fingerprint density at radius 3 is 2.51 bits per heavy atom. The monoisotopic (exact) mass is 490 g/mol. The average Bonchev–Trinajstić information content (AvgIpc) is 2.76. The number of hydrogen-bond acceptors (Lipinski definition) is 6. The number of pyridine rings is 2. The maximum absolute atomic E-state index is 12.8. The Hall–Kier alpha value is -2.72. The molecule has 35 heavy (non-hydrogen) atoms. The lowest BCUT2D eigenvalue weighted by atomic mass is 9.55. The summed E-state index contributed by atoms with van der Waals surface area (Å²) in [5.74, 6) is 1.24. The summed E-state index contributed by atoms with van der Waals surface area (Å²) in [7, 11) is 0. The average molecular weight is 491 g/mol. The van der Waals surface area contributed by atoms with Crippen LogP contribution < -0.4 is 4.90 Å². The van der Waals surface area contributed by atoms with Gasteiger partial charge in [-0.3, -0.25) is 14.7 Å². The highest BCUT2D eigenvalue weighted by Crippen LogP contribution is 2.58. The van der Waals surface area contributed by atoms with Gasteiger partial charge >= 0.3 is 6.18 Å². The van der Waals surface area contributed by atoms with Crippen LogP contribution in [0.3, 0.4) is 0 Å². The van der Waals surface area contributed by atoms with E-state index in [1.165, 1.54) is 11.8 Å². The fourth-order valence-electron chi connectivity index (χ4n) is 6.35. The molecule has 3 unspecified atom stereocenters. The topological polar surface area (TPSA) is 78.8 Å². The number of rotatable bonds is 4. The molecule has 1 saturated carbocycles. The Bertz CT molecular complexity index is 1010. The van der Waals surface area contributed by atoms with Crippen LogP contribution in [0.2, 0.25) is 0 Å². The lowest BCUT2D eigenvalue weighted by Gasteiger charge is -2.62. The number of halogens is 3. The molecule has 0 aromatic carbocycles. The lowest BCUT2D eigenvalue weighted by molar-refractivity contribution is -0.162. The fourth-order valence-corrected chi connectivity index (χ4v) is 6.35. The lowest BCUT2D eigenvalue weighted by Crippen LogP contribution is -2.64. The maximum atomic E-state index is 12.8. The van der Waals surface area contributed by atoms with Gasteiger partial charge in [0.2, 0.25) is 0 Å². The van der Waals surface area contributed by atoms with Crippen molar-refractivity contribution in [1.29, 1.82) is 0 Å². The molecule has 5 heterocycles. The predicted molar refractivity (Wildman–Crippen MR) is 122 cm³/mol. The van der Waals surface area contributed by atoms with Crippen LogP contribution in [-0.2, 0) is 15.7 Å². The van der Waals surface area contributed by atoms with Crippen molar-refractivity contribution < 1.29 is 27.8 Å². The quantitative estimate of drug-likeness (QED) is 0.652. The second-order valence-corrected chi connectivity index (χ2v) is 10.2. The number of piperidine rings is 1. The van der Waals surface area contributed by atoms with Gasteiger partial charge in [-0.05, 0) is 48.9 Å². The van der Waals surface area contributed by atoms with Crippen molar-refractivity contribution in [1.82, 2.24) is 14.9 Å². The molecule has 0 radical (unpaired) electrons. The molecule has 1 aliphatic carbocycles. The van der Waals surface area contributed by atoms with Gasteiger partial charge < -0.3 is 14.7 Å². The molecule has 1 spiro atoms. The molecule has 6 rings (SSSR count). The van der Waals surface area contributed by atoms with Gasteiger partial charge in [0.1, 0.15) is 5.69 Å². The number of carbonyl (C=O) groups is 1. The summed E-state index contributed by atoms with van der Waals surface area (Å²) in [4.78, 5) is 21.2. The van der Waals surface area contributed by atoms with Crippen LogP contribution in [0.1, 0.15) is 36.6 Å². The molecule has 188 valence electrons. The van der Waals surface area contributed by atoms with Crippen molar-refractivity contribution in [3.8, 4) is 0 Å². The molecule has 3 aliphatic heterocycles. The second kappa shape index (κ2) is 9.39. The van der Waals surface area contributed by atoms with Crippen LogP contribution >= 0.6 is 0 Å². The van der Waals surface area contributed by atoms with E-state index in [-0.39, 0.29) is 11.9 Å². The number of aromatic nitrogens is 2. The number of nitrogens with zero attached hydrogens (tertiary/aromatic N) is 4. The first-order valence-electron chi connectivity index (χ1n) is 11.9. The second-order valence-electron chi connectivity index (χ2n) is 10.2. The highest BCUT2D eigenvalue weighted by molar-refractivity contribution is 5.49. The van der Waals surface area contributed by atoms with Crippen molar-refractivity contribution in [2.45, 2.75) is 37.6 Å². The van der Waals surface area contributed by atoms with Gasteiger partial charge in [-0.2, -0.15) is 13.2 Å². The van der Waals surface area contributed by atoms with Gasteiger partial charge in [0.25, 0.3) is 6.47 Å². The molecule has 10 heteroatoms. The van der Waals surface area contributed by atoms with Crippen molar-refractivity contribution in [2.24, 2.45) is 17.3 Å². The number of hydrogen-bond donors (Lipinski definition) is 1. The first kappa shape index (κ1) is 24.0. The van der Waals surface area contributed by atoms with Gasteiger partial charge in [0.15, 0.2) is 0 Å². The minimum atomic E-state index is -4.39. The zero-order chi connectivity index (χ0) is 24.6. The SMILES string of the molecule is FC(F)(F)c1ccc(N2CC3(CC(C(c4cccnc4)N4CCC5OCC5C4)C3)C2)cn1.O=CO. The Labute approximate surface area is 201 Å². The molecular weight excluding hydrogens is 461 g/mol. The van der Waals surface area contributed by atoms with Crippen LogP contribution in [-0.4, -0.2) is 65.3 Å². The van der Waals surface area contributed by atoms with Crippen LogP contribution in [0, 0.1) is 17.3 Å². The van der Waals surface area contributed by atoms with E-state index in [1.807, 2.05) is 18.5 Å². The van der Waals surface area contributed by atoms with E-state index in [4.69, 9.17) is 14.6 Å². The van der Waals surface area contributed by atoms with Gasteiger partial charge in [0.05, 0.1) is 24.6 Å². The molecule has 0 amide bonds. The molecule has 7 nitrogen and oxygen atoms in total. The van der Waals surface area contributed by atoms with Crippen LogP contribution in [0.25, 0.3) is 0 Å². The third kappa shape index (κ3) is 4.73. The first-order valence-corrected chi connectivity index (χ1v) is 11.9. The highest BCUT2D eigenvalue weighted by Gasteiger charge is 2.55. The molecule has 3 atom stereocenters. The number of fused-ring (bicyclic) bond motifs is 1. The van der Waals surface area contributed by atoms with E-state index in [2.05, 4.69) is 25.8 Å². The van der Waals surface area contributed by atoms with Gasteiger partial charge in [-0.1, -0.05) is 6.07 Å². The molecule has 3 saturated heterocycles. The third-order valence-corrected chi connectivity index (χ3v) is 7.93. The molecule has 1 N–H and O–H groups in total. The summed E-state index contributed by atoms with van der Waals surface area (Å²) in [5, 5.41) is 6.89. The number of likely N-dealkylation sites (tertiary alicyclic amines) is 1. The smallest absolute Gasteiger partial charge is 0.433 e. The van der Waals surface area contributed by atoms with Crippen molar-refractivity contribution >= 4 is 12.2 Å². The minimum Gasteiger partial charge on any atom is -0.483 e. The highest BCUT2D eigenvalue weighted by atomic mass is 19.4. The van der Waals surface area contributed by atoms with Gasteiger partial charge in [-0.25, -0.2) is 4.98 Å². The van der Waals surface area contributed by atoms with E-state index < -0.39 is 11.9 Å². The van der Waals surface area contributed by atoms with E-state index in [0.29, 0.717) is 24.0 Å². The first-order chi connectivity index (χ1) is 16.8. The Kier molecular flexibility index (Phi) is 6.43. The van der Waals surface area contributed by atoms with E-state index >= 15 is 0 Å². The normalized spacial score (nSPS) is 26.3. The number of carboxylic acid groups (broad SMARTS) is 1. The third-order valence-electron chi connectivity index (χ3n) is 7.93. The van der Waals surface area contributed by atoms with Crippen molar-refractivity contribution in [3.05, 3.63) is 54.1 Å². The molecule has 4 aliphatic rings. The van der Waals surface area contributed by atoms with Crippen molar-refractivity contribution in [3.63, 3.8) is 0 Å². The Morgan fingerprint density at radius 1 is 1.20 bits per heavy atom. The molecule has 0 bridgehead atoms. The van der Waals surface area contributed by atoms with Crippen molar-refractivity contribution in [2.75, 3.05) is 37.7 Å². The fraction of sp³-hybridized carbons (Fsp3) is 0.560. The number of alkyl halides is 3. The minimum absolute atomic E-state index is 0.250. The predicted octanol–water partition coefficient (Wildman–Crippen LogP) is 3.87. The van der Waals surface area contributed by atoms with E-state index in [9.17, 15) is 13.2 Å². The van der Waals surface area contributed by atoms with Crippen LogP contribution in [0.5, 0.6) is 0 Å². The molecule has 2 aromatic rings. The zero-order valence-corrected chi connectivity index (χ0v) is 19.3. The largest absolute Gasteiger partial charge is 0.483 e. The Balaban J connectivity index is 0.000000806. The zero-order valence-electron chi connectivity index (χ0n) is 19.3. The number of anilines is 1. The maximum Gasteiger partial charge on any atom is 0.433 e. The van der Waals surface area contributed by atoms with Crippen LogP contribution in [0.15, 0.2) is 42.9 Å². The van der Waals surface area contributed by atoms with Gasteiger partial charge in [-0.15, -0.1) is 0 Å².